The maximum atomic E-state index is 12.1. The van der Waals surface area contributed by atoms with Crippen molar-refractivity contribution < 1.29 is 4.79 Å². The number of benzene rings is 1. The van der Waals surface area contributed by atoms with Crippen LogP contribution in [0.15, 0.2) is 46.9 Å². The maximum Gasteiger partial charge on any atom is 0.230 e. The Balaban J connectivity index is 1.49. The van der Waals surface area contributed by atoms with Crippen LogP contribution in [0, 0.1) is 0 Å². The van der Waals surface area contributed by atoms with Crippen molar-refractivity contribution in [2.45, 2.75) is 31.3 Å². The lowest BCUT2D eigenvalue weighted by molar-refractivity contribution is -0.118. The van der Waals surface area contributed by atoms with E-state index < -0.39 is 0 Å². The summed E-state index contributed by atoms with van der Waals surface area (Å²) in [4.78, 5) is 13.4. The monoisotopic (exact) mass is 400 g/mol. The van der Waals surface area contributed by atoms with Gasteiger partial charge in [0.25, 0.3) is 0 Å². The number of aromatic nitrogens is 3. The van der Waals surface area contributed by atoms with Crippen LogP contribution in [-0.2, 0) is 24.7 Å². The van der Waals surface area contributed by atoms with E-state index in [2.05, 4.69) is 46.0 Å². The highest BCUT2D eigenvalue weighted by molar-refractivity contribution is 7.99. The molecule has 3 rings (SSSR count). The molecule has 0 spiro atoms. The lowest BCUT2D eigenvalue weighted by Crippen LogP contribution is -2.27. The summed E-state index contributed by atoms with van der Waals surface area (Å²) in [6, 6.07) is 12.3. The first kappa shape index (κ1) is 19.6. The van der Waals surface area contributed by atoms with Crippen LogP contribution in [0.2, 0.25) is 0 Å². The fraction of sp³-hybridized carbons (Fsp3) is 0.350. The Morgan fingerprint density at radius 2 is 2.04 bits per heavy atom. The van der Waals surface area contributed by atoms with Crippen molar-refractivity contribution in [3.63, 3.8) is 0 Å². The standard InChI is InChI=1S/C20H24N4OS2/c1-3-7-17-12-16(13-26-17)19-22-23-20(24(19)2)27-14-18(25)21-11-10-15-8-5-4-6-9-15/h4-6,8-9,12-13H,3,7,10-11,14H2,1-2H3,(H,21,25). The van der Waals surface area contributed by atoms with E-state index in [1.165, 1.54) is 22.2 Å². The zero-order chi connectivity index (χ0) is 19.1. The average Bonchev–Trinajstić information content (AvgIpc) is 3.28. The number of thioether (sulfide) groups is 1. The van der Waals surface area contributed by atoms with Crippen LogP contribution in [0.25, 0.3) is 11.4 Å². The normalized spacial score (nSPS) is 10.9. The fourth-order valence-electron chi connectivity index (χ4n) is 2.74. The predicted molar refractivity (Wildman–Crippen MR) is 112 cm³/mol. The molecular weight excluding hydrogens is 376 g/mol. The number of carbonyl (C=O) groups excluding carboxylic acids is 1. The molecule has 0 fully saturated rings. The number of rotatable bonds is 9. The molecule has 0 aliphatic heterocycles. The number of nitrogens with one attached hydrogen (secondary N) is 1. The van der Waals surface area contributed by atoms with Crippen LogP contribution in [0.3, 0.4) is 0 Å². The number of nitrogens with zero attached hydrogens (tertiary/aromatic N) is 3. The lowest BCUT2D eigenvalue weighted by Gasteiger charge is -2.05. The fourth-order valence-corrected chi connectivity index (χ4v) is 4.45. The number of hydrogen-bond acceptors (Lipinski definition) is 5. The molecule has 0 saturated heterocycles. The van der Waals surface area contributed by atoms with Gasteiger partial charge < -0.3 is 9.88 Å². The minimum Gasteiger partial charge on any atom is -0.355 e. The van der Waals surface area contributed by atoms with Gasteiger partial charge in [-0.3, -0.25) is 4.79 Å². The van der Waals surface area contributed by atoms with Gasteiger partial charge in [-0.25, -0.2) is 0 Å². The Kier molecular flexibility index (Phi) is 7.06. The number of carbonyl (C=O) groups is 1. The molecule has 2 heterocycles. The summed E-state index contributed by atoms with van der Waals surface area (Å²) in [7, 11) is 1.95. The van der Waals surface area contributed by atoms with Crippen molar-refractivity contribution in [1.82, 2.24) is 20.1 Å². The second kappa shape index (κ2) is 9.71. The molecule has 0 radical (unpaired) electrons. The van der Waals surface area contributed by atoms with E-state index in [-0.39, 0.29) is 5.91 Å². The van der Waals surface area contributed by atoms with E-state index in [1.807, 2.05) is 29.8 Å². The third kappa shape index (κ3) is 5.43. The zero-order valence-corrected chi connectivity index (χ0v) is 17.3. The molecule has 0 unspecified atom stereocenters. The van der Waals surface area contributed by atoms with Crippen molar-refractivity contribution in [3.05, 3.63) is 52.2 Å². The zero-order valence-electron chi connectivity index (χ0n) is 15.6. The average molecular weight is 401 g/mol. The molecule has 3 aromatic rings. The Bertz CT molecular complexity index is 873. The summed E-state index contributed by atoms with van der Waals surface area (Å²) < 4.78 is 1.96. The smallest absolute Gasteiger partial charge is 0.230 e. The third-order valence-corrected chi connectivity index (χ3v) is 6.17. The van der Waals surface area contributed by atoms with Gasteiger partial charge in [0.1, 0.15) is 0 Å². The van der Waals surface area contributed by atoms with Gasteiger partial charge in [-0.15, -0.1) is 21.5 Å². The van der Waals surface area contributed by atoms with Crippen molar-refractivity contribution in [2.24, 2.45) is 7.05 Å². The molecule has 0 saturated carbocycles. The van der Waals surface area contributed by atoms with Crippen LogP contribution in [0.5, 0.6) is 0 Å². The summed E-state index contributed by atoms with van der Waals surface area (Å²) in [5, 5.41) is 14.4. The first-order chi connectivity index (χ1) is 13.2. The second-order valence-corrected chi connectivity index (χ2v) is 8.23. The molecule has 1 aromatic carbocycles. The molecule has 5 nitrogen and oxygen atoms in total. The molecule has 142 valence electrons. The minimum atomic E-state index is 0.0150. The molecule has 0 bridgehead atoms. The highest BCUT2D eigenvalue weighted by Gasteiger charge is 2.14. The van der Waals surface area contributed by atoms with Gasteiger partial charge >= 0.3 is 0 Å². The van der Waals surface area contributed by atoms with Gasteiger partial charge in [-0.05, 0) is 24.5 Å². The molecule has 27 heavy (non-hydrogen) atoms. The summed E-state index contributed by atoms with van der Waals surface area (Å²) in [5.41, 5.74) is 2.32. The van der Waals surface area contributed by atoms with Crippen molar-refractivity contribution in [1.29, 1.82) is 0 Å². The summed E-state index contributed by atoms with van der Waals surface area (Å²) in [5.74, 6) is 1.20. The van der Waals surface area contributed by atoms with Gasteiger partial charge in [0, 0.05) is 29.4 Å². The van der Waals surface area contributed by atoms with Crippen LogP contribution in [0.4, 0.5) is 0 Å². The van der Waals surface area contributed by atoms with Crippen molar-refractivity contribution in [2.75, 3.05) is 12.3 Å². The molecule has 1 N–H and O–H groups in total. The van der Waals surface area contributed by atoms with Gasteiger partial charge in [-0.2, -0.15) is 0 Å². The molecule has 0 aliphatic rings. The Hall–Kier alpha value is -2.12. The Morgan fingerprint density at radius 1 is 1.22 bits per heavy atom. The van der Waals surface area contributed by atoms with E-state index in [1.54, 1.807) is 11.3 Å². The van der Waals surface area contributed by atoms with Gasteiger partial charge in [-0.1, -0.05) is 55.4 Å². The quantitative estimate of drug-likeness (QED) is 0.553. The molecule has 1 amide bonds. The van der Waals surface area contributed by atoms with Crippen molar-refractivity contribution in [3.8, 4) is 11.4 Å². The van der Waals surface area contributed by atoms with Crippen LogP contribution >= 0.6 is 23.1 Å². The number of hydrogen-bond donors (Lipinski definition) is 1. The summed E-state index contributed by atoms with van der Waals surface area (Å²) >= 11 is 3.18. The minimum absolute atomic E-state index is 0.0150. The summed E-state index contributed by atoms with van der Waals surface area (Å²) in [6.45, 7) is 2.82. The van der Waals surface area contributed by atoms with Crippen LogP contribution < -0.4 is 5.32 Å². The number of aryl methyl sites for hydroxylation is 1. The molecule has 0 aliphatic carbocycles. The highest BCUT2D eigenvalue weighted by atomic mass is 32.2. The van der Waals surface area contributed by atoms with Crippen LogP contribution in [0.1, 0.15) is 23.8 Å². The number of thiophene rings is 1. The molecule has 2 aromatic heterocycles. The Labute approximate surface area is 168 Å². The second-order valence-electron chi connectivity index (χ2n) is 6.29. The van der Waals surface area contributed by atoms with E-state index >= 15 is 0 Å². The van der Waals surface area contributed by atoms with Crippen molar-refractivity contribution >= 4 is 29.0 Å². The summed E-state index contributed by atoms with van der Waals surface area (Å²) in [6.07, 6.45) is 3.07. The van der Waals surface area contributed by atoms with E-state index in [4.69, 9.17) is 0 Å². The largest absolute Gasteiger partial charge is 0.355 e. The predicted octanol–water partition coefficient (Wildman–Crippen LogP) is 3.95. The molecular formula is C20H24N4OS2. The SMILES string of the molecule is CCCc1cc(-c2nnc(SCC(=O)NCCc3ccccc3)n2C)cs1. The van der Waals surface area contributed by atoms with E-state index in [0.29, 0.717) is 12.3 Å². The maximum absolute atomic E-state index is 12.1. The lowest BCUT2D eigenvalue weighted by atomic mass is 10.1. The first-order valence-electron chi connectivity index (χ1n) is 9.08. The van der Waals surface area contributed by atoms with Gasteiger partial charge in [0.15, 0.2) is 11.0 Å². The highest BCUT2D eigenvalue weighted by Crippen LogP contribution is 2.27. The van der Waals surface area contributed by atoms with E-state index in [9.17, 15) is 4.79 Å². The number of amides is 1. The topological polar surface area (TPSA) is 59.8 Å². The third-order valence-electron chi connectivity index (χ3n) is 4.15. The van der Waals surface area contributed by atoms with Gasteiger partial charge in [0.2, 0.25) is 5.91 Å². The molecule has 7 heteroatoms. The van der Waals surface area contributed by atoms with Crippen LogP contribution in [-0.4, -0.2) is 33.0 Å². The van der Waals surface area contributed by atoms with E-state index in [0.717, 1.165) is 35.8 Å². The van der Waals surface area contributed by atoms with Gasteiger partial charge in [0.05, 0.1) is 5.75 Å². The molecule has 0 atom stereocenters. The Morgan fingerprint density at radius 3 is 2.81 bits per heavy atom. The first-order valence-corrected chi connectivity index (χ1v) is 10.9.